The highest BCUT2D eigenvalue weighted by Gasteiger charge is 2.37. The van der Waals surface area contributed by atoms with Gasteiger partial charge in [0, 0.05) is 25.2 Å². The highest BCUT2D eigenvalue weighted by atomic mass is 19.4. The summed E-state index contributed by atoms with van der Waals surface area (Å²) in [4.78, 5) is 16.7. The number of benzene rings is 1. The molecular weight excluding hydrogens is 486 g/mol. The van der Waals surface area contributed by atoms with Crippen molar-refractivity contribution in [1.82, 2.24) is 9.88 Å². The average Bonchev–Trinajstić information content (AvgIpc) is 2.78. The Bertz CT molecular complexity index is 1140. The molecule has 1 aliphatic rings. The Morgan fingerprint density at radius 3 is 2.31 bits per heavy atom. The molecule has 1 saturated heterocycles. The van der Waals surface area contributed by atoms with Crippen molar-refractivity contribution in [1.29, 1.82) is 0 Å². The lowest BCUT2D eigenvalue weighted by atomic mass is 9.83. The van der Waals surface area contributed by atoms with Crippen LogP contribution in [0.15, 0.2) is 54.7 Å². The highest BCUT2D eigenvalue weighted by molar-refractivity contribution is 5.67. The van der Waals surface area contributed by atoms with Crippen LogP contribution in [0.3, 0.4) is 0 Å². The smallest absolute Gasteiger partial charge is 0.433 e. The third-order valence-corrected chi connectivity index (χ3v) is 5.99. The van der Waals surface area contributed by atoms with E-state index in [4.69, 9.17) is 0 Å². The maximum atomic E-state index is 13.1. The van der Waals surface area contributed by atoms with Crippen LogP contribution in [-0.4, -0.2) is 27.5 Å². The molecule has 3 atom stereocenters. The van der Waals surface area contributed by atoms with Gasteiger partial charge in [-0.2, -0.15) is 26.3 Å². The van der Waals surface area contributed by atoms with E-state index in [1.807, 2.05) is 4.90 Å². The van der Waals surface area contributed by atoms with Crippen LogP contribution in [0.1, 0.15) is 60.7 Å². The Labute approximate surface area is 204 Å². The van der Waals surface area contributed by atoms with Gasteiger partial charge < -0.3 is 5.11 Å². The molecule has 0 aliphatic carbocycles. The van der Waals surface area contributed by atoms with Gasteiger partial charge in [-0.3, -0.25) is 14.7 Å². The van der Waals surface area contributed by atoms with Crippen LogP contribution in [-0.2, 0) is 17.1 Å². The van der Waals surface area contributed by atoms with Crippen LogP contribution in [0.4, 0.5) is 26.3 Å². The van der Waals surface area contributed by atoms with Gasteiger partial charge in [0.2, 0.25) is 0 Å². The van der Waals surface area contributed by atoms with Crippen LogP contribution in [0, 0.1) is 17.8 Å². The normalized spacial score (nSPS) is 19.8. The predicted octanol–water partition coefficient (Wildman–Crippen LogP) is 6.67. The number of piperidine rings is 1. The summed E-state index contributed by atoms with van der Waals surface area (Å²) < 4.78 is 78.4. The lowest BCUT2D eigenvalue weighted by Crippen LogP contribution is -2.39. The molecule has 0 radical (unpaired) electrons. The molecule has 2 heterocycles. The maximum absolute atomic E-state index is 13.1. The van der Waals surface area contributed by atoms with E-state index in [9.17, 15) is 36.2 Å². The molecule has 1 fully saturated rings. The number of carboxylic acids is 1. The van der Waals surface area contributed by atoms with Gasteiger partial charge in [-0.15, -0.1) is 0 Å². The zero-order chi connectivity index (χ0) is 26.7. The first-order valence-corrected chi connectivity index (χ1v) is 11.1. The number of allylic oxidation sites excluding steroid dienone is 1. The Morgan fingerprint density at radius 2 is 1.81 bits per heavy atom. The number of alkyl halides is 6. The van der Waals surface area contributed by atoms with E-state index in [0.717, 1.165) is 24.4 Å². The summed E-state index contributed by atoms with van der Waals surface area (Å²) in [6.45, 7) is 5.74. The van der Waals surface area contributed by atoms with Gasteiger partial charge >= 0.3 is 18.3 Å². The fourth-order valence-electron chi connectivity index (χ4n) is 4.30. The first-order valence-electron chi connectivity index (χ1n) is 11.1. The van der Waals surface area contributed by atoms with Crippen molar-refractivity contribution in [3.63, 3.8) is 0 Å². The van der Waals surface area contributed by atoms with Gasteiger partial charge in [-0.05, 0) is 60.6 Å². The van der Waals surface area contributed by atoms with Crippen molar-refractivity contribution in [2.45, 2.75) is 50.6 Å². The van der Waals surface area contributed by atoms with Crippen molar-refractivity contribution in [2.24, 2.45) is 5.92 Å². The Kier molecular flexibility index (Phi) is 8.14. The minimum absolute atomic E-state index is 0.102. The van der Waals surface area contributed by atoms with Crippen LogP contribution >= 0.6 is 0 Å². The first kappa shape index (κ1) is 27.3. The number of halogens is 6. The molecule has 0 bridgehead atoms. The Hall–Kier alpha value is -3.32. The van der Waals surface area contributed by atoms with Crippen LogP contribution in [0.25, 0.3) is 0 Å². The fourth-order valence-corrected chi connectivity index (χ4v) is 4.30. The largest absolute Gasteiger partial charge is 0.481 e. The van der Waals surface area contributed by atoms with Gasteiger partial charge in [0.15, 0.2) is 0 Å². The van der Waals surface area contributed by atoms with Crippen LogP contribution in [0.5, 0.6) is 0 Å². The van der Waals surface area contributed by atoms with Gasteiger partial charge in [-0.25, -0.2) is 0 Å². The van der Waals surface area contributed by atoms with E-state index < -0.39 is 41.7 Å². The van der Waals surface area contributed by atoms with Crippen molar-refractivity contribution in [3.05, 3.63) is 77.1 Å². The van der Waals surface area contributed by atoms with E-state index in [1.54, 1.807) is 6.92 Å². The summed E-state index contributed by atoms with van der Waals surface area (Å²) in [5.41, 5.74) is -0.448. The number of hydrogen-bond donors (Lipinski definition) is 1. The summed E-state index contributed by atoms with van der Waals surface area (Å²) in [7, 11) is 0. The summed E-state index contributed by atoms with van der Waals surface area (Å²) >= 11 is 0. The van der Waals surface area contributed by atoms with Gasteiger partial charge in [0.1, 0.15) is 5.69 Å². The lowest BCUT2D eigenvalue weighted by molar-refractivity contribution is -0.141. The molecule has 0 saturated carbocycles. The number of aromatic nitrogens is 1. The first-order chi connectivity index (χ1) is 16.8. The molecular formula is C26H24F6N2O2. The highest BCUT2D eigenvalue weighted by Crippen LogP contribution is 2.42. The standard InChI is InChI=1S/C26H24F6N2O2/c1-16(2)3-9-21(19-6-10-23(33-15-19)26(30,31)32)34-12-11-17(14-24(35)36)13-22(34)18-4-7-20(8-5-18)25(27,28)29/h4-8,10,15,17,21-22H,1,11-14H2,2H3,(H,35,36)/t17-,21-,22+/m1/s1. The topological polar surface area (TPSA) is 53.4 Å². The molecule has 0 spiro atoms. The Morgan fingerprint density at radius 1 is 1.14 bits per heavy atom. The molecule has 1 aromatic carbocycles. The van der Waals surface area contributed by atoms with Crippen molar-refractivity contribution in [2.75, 3.05) is 6.54 Å². The van der Waals surface area contributed by atoms with E-state index >= 15 is 0 Å². The summed E-state index contributed by atoms with van der Waals surface area (Å²) in [5.74, 6) is 4.65. The molecule has 4 nitrogen and oxygen atoms in total. The summed E-state index contributed by atoms with van der Waals surface area (Å²) in [6.07, 6.45) is -7.34. The third kappa shape index (κ3) is 6.88. The molecule has 1 aliphatic heterocycles. The van der Waals surface area contributed by atoms with E-state index in [0.29, 0.717) is 36.1 Å². The van der Waals surface area contributed by atoms with Crippen molar-refractivity contribution < 1.29 is 36.2 Å². The molecule has 2 aromatic rings. The number of hydrogen-bond acceptors (Lipinski definition) is 3. The molecule has 3 rings (SSSR count). The Balaban J connectivity index is 2.04. The fraction of sp³-hybridized carbons (Fsp3) is 0.385. The number of likely N-dealkylation sites (tertiary alicyclic amines) is 1. The van der Waals surface area contributed by atoms with Gasteiger partial charge in [-0.1, -0.05) is 36.6 Å². The predicted molar refractivity (Wildman–Crippen MR) is 120 cm³/mol. The molecule has 1 N–H and O–H groups in total. The average molecular weight is 510 g/mol. The zero-order valence-electron chi connectivity index (χ0n) is 19.3. The molecule has 0 amide bonds. The second-order valence-electron chi connectivity index (χ2n) is 8.79. The van der Waals surface area contributed by atoms with Crippen molar-refractivity contribution in [3.8, 4) is 11.8 Å². The molecule has 1 aromatic heterocycles. The number of carbonyl (C=O) groups is 1. The van der Waals surface area contributed by atoms with Crippen LogP contribution in [0.2, 0.25) is 0 Å². The number of carboxylic acid groups (broad SMARTS) is 1. The molecule has 192 valence electrons. The van der Waals surface area contributed by atoms with E-state index in [1.165, 1.54) is 18.2 Å². The second-order valence-corrected chi connectivity index (χ2v) is 8.79. The minimum Gasteiger partial charge on any atom is -0.481 e. The van der Waals surface area contributed by atoms with Gasteiger partial charge in [0.05, 0.1) is 11.6 Å². The molecule has 36 heavy (non-hydrogen) atoms. The maximum Gasteiger partial charge on any atom is 0.433 e. The van der Waals surface area contributed by atoms with E-state index in [2.05, 4.69) is 23.4 Å². The molecule has 10 heteroatoms. The lowest BCUT2D eigenvalue weighted by Gasteiger charge is -2.42. The SMILES string of the molecule is C=C(C)C#C[C@H](c1ccc(C(F)(F)F)nc1)N1CC[C@@H](CC(=O)O)C[C@H]1c1ccc(C(F)(F)F)cc1. The number of aliphatic carboxylic acids is 1. The second kappa shape index (κ2) is 10.7. The van der Waals surface area contributed by atoms with Crippen LogP contribution < -0.4 is 0 Å². The minimum atomic E-state index is -4.62. The third-order valence-electron chi connectivity index (χ3n) is 5.99. The monoisotopic (exact) mass is 510 g/mol. The number of pyridine rings is 1. The van der Waals surface area contributed by atoms with E-state index in [-0.39, 0.29) is 12.3 Å². The number of nitrogens with zero attached hydrogens (tertiary/aromatic N) is 2. The number of rotatable bonds is 5. The van der Waals surface area contributed by atoms with Crippen molar-refractivity contribution >= 4 is 5.97 Å². The summed E-state index contributed by atoms with van der Waals surface area (Å²) in [6, 6.07) is 5.49. The molecule has 0 unspecified atom stereocenters. The van der Waals surface area contributed by atoms with Gasteiger partial charge in [0.25, 0.3) is 0 Å². The summed E-state index contributed by atoms with van der Waals surface area (Å²) in [5, 5.41) is 9.27. The zero-order valence-corrected chi connectivity index (χ0v) is 19.3. The quantitative estimate of drug-likeness (QED) is 0.361.